The lowest BCUT2D eigenvalue weighted by Gasteiger charge is -2.23. The highest BCUT2D eigenvalue weighted by atomic mass is 16.6. The summed E-state index contributed by atoms with van der Waals surface area (Å²) >= 11 is 0. The van der Waals surface area contributed by atoms with Gasteiger partial charge in [0.2, 0.25) is 0 Å². The number of nitro benzene ring substituents is 2. The summed E-state index contributed by atoms with van der Waals surface area (Å²) in [5.74, 6) is -0.793. The van der Waals surface area contributed by atoms with Gasteiger partial charge in [0, 0.05) is 25.2 Å². The highest BCUT2D eigenvalue weighted by Gasteiger charge is 2.24. The van der Waals surface area contributed by atoms with Gasteiger partial charge in [-0.3, -0.25) is 29.8 Å². The van der Waals surface area contributed by atoms with Gasteiger partial charge in [0.25, 0.3) is 17.3 Å². The van der Waals surface area contributed by atoms with Crippen LogP contribution in [0.15, 0.2) is 18.2 Å². The Kier molecular flexibility index (Phi) is 8.31. The minimum atomic E-state index is -0.791. The molecule has 0 aliphatic rings. The molecular formula is C17H23N3O7. The van der Waals surface area contributed by atoms with Crippen molar-refractivity contribution in [2.75, 3.05) is 19.7 Å². The average molecular weight is 381 g/mol. The number of hydrogen-bond acceptors (Lipinski definition) is 7. The van der Waals surface area contributed by atoms with E-state index in [9.17, 15) is 29.8 Å². The molecule has 1 aromatic rings. The fraction of sp³-hybridized carbons (Fsp3) is 0.529. The molecule has 0 N–H and O–H groups in total. The molecule has 1 aromatic carbocycles. The summed E-state index contributed by atoms with van der Waals surface area (Å²) < 4.78 is 4.85. The van der Waals surface area contributed by atoms with E-state index in [4.69, 9.17) is 4.74 Å². The third kappa shape index (κ3) is 7.00. The molecule has 0 unspecified atom stereocenters. The molecule has 10 heteroatoms. The molecule has 0 saturated heterocycles. The van der Waals surface area contributed by atoms with Crippen molar-refractivity contribution in [1.29, 1.82) is 0 Å². The maximum Gasteiger partial charge on any atom is 0.307 e. The van der Waals surface area contributed by atoms with Crippen LogP contribution in [-0.2, 0) is 9.53 Å². The van der Waals surface area contributed by atoms with Crippen LogP contribution < -0.4 is 0 Å². The third-order valence-electron chi connectivity index (χ3n) is 3.73. The molecule has 0 fully saturated rings. The van der Waals surface area contributed by atoms with Crippen LogP contribution in [0.1, 0.15) is 44.0 Å². The van der Waals surface area contributed by atoms with Gasteiger partial charge < -0.3 is 9.64 Å². The first-order valence-corrected chi connectivity index (χ1v) is 8.54. The van der Waals surface area contributed by atoms with E-state index >= 15 is 0 Å². The Morgan fingerprint density at radius 3 is 2.07 bits per heavy atom. The van der Waals surface area contributed by atoms with Crippen molar-refractivity contribution in [2.24, 2.45) is 5.92 Å². The molecule has 27 heavy (non-hydrogen) atoms. The maximum absolute atomic E-state index is 12.8. The molecule has 0 radical (unpaired) electrons. The first kappa shape index (κ1) is 22.0. The quantitative estimate of drug-likeness (QED) is 0.345. The van der Waals surface area contributed by atoms with Crippen LogP contribution in [0.3, 0.4) is 0 Å². The van der Waals surface area contributed by atoms with E-state index in [1.807, 2.05) is 13.8 Å². The Hall–Kier alpha value is -3.04. The van der Waals surface area contributed by atoms with Crippen molar-refractivity contribution < 1.29 is 24.2 Å². The molecule has 0 aromatic heterocycles. The van der Waals surface area contributed by atoms with E-state index in [1.165, 1.54) is 4.90 Å². The van der Waals surface area contributed by atoms with E-state index in [-0.39, 0.29) is 31.1 Å². The number of benzene rings is 1. The van der Waals surface area contributed by atoms with Crippen molar-refractivity contribution in [3.63, 3.8) is 0 Å². The van der Waals surface area contributed by atoms with Gasteiger partial charge in [-0.25, -0.2) is 0 Å². The molecule has 1 amide bonds. The second-order valence-electron chi connectivity index (χ2n) is 6.28. The number of carbonyl (C=O) groups excluding carboxylic acids is 2. The Labute approximate surface area is 156 Å². The predicted molar refractivity (Wildman–Crippen MR) is 96.4 cm³/mol. The summed E-state index contributed by atoms with van der Waals surface area (Å²) in [5.41, 5.74) is -1.24. The van der Waals surface area contributed by atoms with Crippen LogP contribution in [0.2, 0.25) is 0 Å². The number of nitro groups is 2. The number of ether oxygens (including phenoxy) is 1. The molecule has 0 bridgehead atoms. The lowest BCUT2D eigenvalue weighted by Crippen LogP contribution is -2.34. The highest BCUT2D eigenvalue weighted by molar-refractivity contribution is 5.95. The van der Waals surface area contributed by atoms with E-state index in [0.717, 1.165) is 18.2 Å². The van der Waals surface area contributed by atoms with Crippen molar-refractivity contribution >= 4 is 23.3 Å². The number of rotatable bonds is 10. The second kappa shape index (κ2) is 10.2. The summed E-state index contributed by atoms with van der Waals surface area (Å²) in [6, 6.07) is 2.80. The second-order valence-corrected chi connectivity index (χ2v) is 6.28. The average Bonchev–Trinajstić information content (AvgIpc) is 2.60. The first-order valence-electron chi connectivity index (χ1n) is 8.54. The highest BCUT2D eigenvalue weighted by Crippen LogP contribution is 2.24. The molecule has 0 atom stereocenters. The Morgan fingerprint density at radius 2 is 1.63 bits per heavy atom. The van der Waals surface area contributed by atoms with Gasteiger partial charge in [0.15, 0.2) is 0 Å². The van der Waals surface area contributed by atoms with Crippen molar-refractivity contribution in [1.82, 2.24) is 4.90 Å². The summed E-state index contributed by atoms with van der Waals surface area (Å²) in [4.78, 5) is 46.2. The molecular weight excluding hydrogens is 358 g/mol. The third-order valence-corrected chi connectivity index (χ3v) is 3.73. The summed E-state index contributed by atoms with van der Waals surface area (Å²) in [6.07, 6.45) is 0.611. The largest absolute Gasteiger partial charge is 0.466 e. The van der Waals surface area contributed by atoms with Crippen LogP contribution in [0.5, 0.6) is 0 Å². The van der Waals surface area contributed by atoms with Gasteiger partial charge in [0.1, 0.15) is 0 Å². The van der Waals surface area contributed by atoms with Crippen molar-refractivity contribution in [3.05, 3.63) is 44.0 Å². The lowest BCUT2D eigenvalue weighted by molar-refractivity contribution is -0.394. The zero-order valence-electron chi connectivity index (χ0n) is 15.5. The molecule has 0 aliphatic carbocycles. The number of amides is 1. The predicted octanol–water partition coefficient (Wildman–Crippen LogP) is 2.94. The van der Waals surface area contributed by atoms with Crippen molar-refractivity contribution in [2.45, 2.75) is 33.6 Å². The summed E-state index contributed by atoms with van der Waals surface area (Å²) in [7, 11) is 0. The summed E-state index contributed by atoms with van der Waals surface area (Å²) in [5, 5.41) is 22.0. The van der Waals surface area contributed by atoms with Gasteiger partial charge in [0.05, 0.1) is 34.5 Å². The Morgan fingerprint density at radius 1 is 1.07 bits per heavy atom. The van der Waals surface area contributed by atoms with E-state index in [0.29, 0.717) is 13.0 Å². The monoisotopic (exact) mass is 381 g/mol. The topological polar surface area (TPSA) is 133 Å². The van der Waals surface area contributed by atoms with Gasteiger partial charge in [-0.2, -0.15) is 0 Å². The van der Waals surface area contributed by atoms with Crippen molar-refractivity contribution in [3.8, 4) is 0 Å². The van der Waals surface area contributed by atoms with E-state index in [1.54, 1.807) is 6.92 Å². The van der Waals surface area contributed by atoms with Gasteiger partial charge in [-0.05, 0) is 19.3 Å². The van der Waals surface area contributed by atoms with Gasteiger partial charge in [-0.1, -0.05) is 13.8 Å². The molecule has 10 nitrogen and oxygen atoms in total. The van der Waals surface area contributed by atoms with E-state index < -0.39 is 33.1 Å². The summed E-state index contributed by atoms with van der Waals surface area (Å²) in [6.45, 7) is 6.18. The van der Waals surface area contributed by atoms with Gasteiger partial charge in [-0.15, -0.1) is 0 Å². The maximum atomic E-state index is 12.8. The lowest BCUT2D eigenvalue weighted by atomic mass is 10.1. The van der Waals surface area contributed by atoms with Crippen LogP contribution >= 0.6 is 0 Å². The van der Waals surface area contributed by atoms with Crippen LogP contribution in [0, 0.1) is 26.1 Å². The molecule has 0 aliphatic heterocycles. The number of nitrogens with zero attached hydrogens (tertiary/aromatic N) is 3. The van der Waals surface area contributed by atoms with Crippen LogP contribution in [0.25, 0.3) is 0 Å². The molecule has 0 spiro atoms. The minimum Gasteiger partial charge on any atom is -0.466 e. The number of esters is 1. The van der Waals surface area contributed by atoms with Crippen LogP contribution in [0.4, 0.5) is 11.4 Å². The minimum absolute atomic E-state index is 0.0330. The fourth-order valence-corrected chi connectivity index (χ4v) is 2.30. The standard InChI is InChI=1S/C17H23N3O7/c1-4-27-16(21)6-8-18(7-5-12(2)3)17(22)13-9-14(19(23)24)11-15(10-13)20(25)26/h9-12H,4-8H2,1-3H3. The number of carbonyl (C=O) groups is 2. The van der Waals surface area contributed by atoms with Gasteiger partial charge >= 0.3 is 5.97 Å². The zero-order valence-corrected chi connectivity index (χ0v) is 15.5. The Bertz CT molecular complexity index is 686. The zero-order chi connectivity index (χ0) is 20.6. The van der Waals surface area contributed by atoms with E-state index in [2.05, 4.69) is 0 Å². The molecule has 148 valence electrons. The fourth-order valence-electron chi connectivity index (χ4n) is 2.30. The Balaban J connectivity index is 3.12. The smallest absolute Gasteiger partial charge is 0.307 e. The van der Waals surface area contributed by atoms with Crippen LogP contribution in [-0.4, -0.2) is 46.3 Å². The SMILES string of the molecule is CCOC(=O)CCN(CCC(C)C)C(=O)c1cc([N+](=O)[O-])cc([N+](=O)[O-])c1. The first-order chi connectivity index (χ1) is 12.6. The molecule has 0 heterocycles. The molecule has 0 saturated carbocycles. The number of non-ortho nitro benzene ring substituents is 2. The normalized spacial score (nSPS) is 10.5. The number of hydrogen-bond donors (Lipinski definition) is 0. The molecule has 1 rings (SSSR count).